The molecule has 0 saturated carbocycles. The summed E-state index contributed by atoms with van der Waals surface area (Å²) in [5.41, 5.74) is 4.28. The summed E-state index contributed by atoms with van der Waals surface area (Å²) in [6.45, 7) is 8.00. The van der Waals surface area contributed by atoms with Crippen molar-refractivity contribution in [3.05, 3.63) is 65.9 Å². The molecule has 1 aliphatic heterocycles. The first-order valence-electron chi connectivity index (χ1n) is 10.4. The Bertz CT molecular complexity index is 1080. The molecule has 1 aliphatic rings. The van der Waals surface area contributed by atoms with Crippen LogP contribution >= 0.6 is 0 Å². The molecule has 0 spiro atoms. The van der Waals surface area contributed by atoms with Crippen LogP contribution in [0.1, 0.15) is 25.0 Å². The molecule has 1 aromatic heterocycles. The highest BCUT2D eigenvalue weighted by molar-refractivity contribution is 6.02. The highest BCUT2D eigenvalue weighted by Crippen LogP contribution is 2.33. The Balaban J connectivity index is 1.58. The number of likely N-dealkylation sites (N-methyl/N-ethyl adjacent to an activating group) is 1. The lowest BCUT2D eigenvalue weighted by molar-refractivity contribution is -0.120. The lowest BCUT2D eigenvalue weighted by Gasteiger charge is -2.44. The summed E-state index contributed by atoms with van der Waals surface area (Å²) in [5.74, 6) is -0.0196. The maximum Gasteiger partial charge on any atom is 0.234 e. The summed E-state index contributed by atoms with van der Waals surface area (Å²) in [6, 6.07) is 16.8. The maximum atomic E-state index is 13.4. The Morgan fingerprint density at radius 2 is 1.90 bits per heavy atom. The zero-order chi connectivity index (χ0) is 21.5. The standard InChI is InChI=1S/C25H30N4O/c1-17-11-12-18(29-15-19(16-29)28(4)5)14-23(17)27-24(30)25(2,3)21-9-6-10-22-20(21)8-7-13-26-22/h6-14,19H,15-16H2,1-5H3,(H,27,30). The largest absolute Gasteiger partial charge is 0.368 e. The van der Waals surface area contributed by atoms with E-state index in [1.54, 1.807) is 6.20 Å². The van der Waals surface area contributed by atoms with Crippen molar-refractivity contribution < 1.29 is 4.79 Å². The van der Waals surface area contributed by atoms with Crippen LogP contribution in [0.4, 0.5) is 11.4 Å². The summed E-state index contributed by atoms with van der Waals surface area (Å²) in [5, 5.41) is 4.21. The number of pyridine rings is 1. The quantitative estimate of drug-likeness (QED) is 0.695. The van der Waals surface area contributed by atoms with Gasteiger partial charge in [0, 0.05) is 42.1 Å². The van der Waals surface area contributed by atoms with Crippen molar-refractivity contribution in [2.24, 2.45) is 0 Å². The van der Waals surface area contributed by atoms with Gasteiger partial charge in [0.2, 0.25) is 5.91 Å². The molecule has 0 unspecified atom stereocenters. The third kappa shape index (κ3) is 3.65. The summed E-state index contributed by atoms with van der Waals surface area (Å²) in [6.07, 6.45) is 1.78. The van der Waals surface area contributed by atoms with E-state index < -0.39 is 5.41 Å². The van der Waals surface area contributed by atoms with E-state index in [4.69, 9.17) is 0 Å². The highest BCUT2D eigenvalue weighted by atomic mass is 16.2. The first kappa shape index (κ1) is 20.4. The predicted molar refractivity (Wildman–Crippen MR) is 124 cm³/mol. The molecular weight excluding hydrogens is 372 g/mol. The molecule has 2 heterocycles. The molecule has 2 aromatic carbocycles. The highest BCUT2D eigenvalue weighted by Gasteiger charge is 2.32. The number of carbonyl (C=O) groups is 1. The van der Waals surface area contributed by atoms with Gasteiger partial charge in [0.15, 0.2) is 0 Å². The van der Waals surface area contributed by atoms with Crippen LogP contribution in [0.3, 0.4) is 0 Å². The monoisotopic (exact) mass is 402 g/mol. The van der Waals surface area contributed by atoms with Gasteiger partial charge in [0.1, 0.15) is 0 Å². The van der Waals surface area contributed by atoms with E-state index in [0.29, 0.717) is 6.04 Å². The first-order chi connectivity index (χ1) is 14.3. The van der Waals surface area contributed by atoms with E-state index in [1.807, 2.05) is 51.1 Å². The Morgan fingerprint density at radius 3 is 2.63 bits per heavy atom. The van der Waals surface area contributed by atoms with Crippen LogP contribution in [0.2, 0.25) is 0 Å². The van der Waals surface area contributed by atoms with Crippen LogP contribution in [0.25, 0.3) is 10.9 Å². The van der Waals surface area contributed by atoms with Crippen molar-refractivity contribution in [3.8, 4) is 0 Å². The van der Waals surface area contributed by atoms with Crippen molar-refractivity contribution in [3.63, 3.8) is 0 Å². The Morgan fingerprint density at radius 1 is 1.13 bits per heavy atom. The number of amides is 1. The second-order valence-corrected chi connectivity index (χ2v) is 8.98. The first-order valence-corrected chi connectivity index (χ1v) is 10.4. The number of hydrogen-bond donors (Lipinski definition) is 1. The van der Waals surface area contributed by atoms with Gasteiger partial charge in [0.25, 0.3) is 0 Å². The molecule has 1 N–H and O–H groups in total. The van der Waals surface area contributed by atoms with Crippen LogP contribution < -0.4 is 10.2 Å². The summed E-state index contributed by atoms with van der Waals surface area (Å²) in [7, 11) is 4.24. The van der Waals surface area contributed by atoms with Gasteiger partial charge in [-0.05, 0) is 70.3 Å². The molecule has 1 saturated heterocycles. The smallest absolute Gasteiger partial charge is 0.234 e. The van der Waals surface area contributed by atoms with Gasteiger partial charge in [-0.25, -0.2) is 0 Å². The molecule has 1 fully saturated rings. The number of benzene rings is 2. The topological polar surface area (TPSA) is 48.5 Å². The van der Waals surface area contributed by atoms with E-state index in [1.165, 1.54) is 0 Å². The fourth-order valence-electron chi connectivity index (χ4n) is 3.98. The number of nitrogens with one attached hydrogen (secondary N) is 1. The van der Waals surface area contributed by atoms with Gasteiger partial charge >= 0.3 is 0 Å². The summed E-state index contributed by atoms with van der Waals surface area (Å²) in [4.78, 5) is 22.4. The molecule has 0 bridgehead atoms. The predicted octanol–water partition coefficient (Wildman–Crippen LogP) is 4.21. The molecule has 156 valence electrons. The van der Waals surface area contributed by atoms with Crippen molar-refractivity contribution in [2.45, 2.75) is 32.2 Å². The molecule has 0 radical (unpaired) electrons. The molecule has 0 aliphatic carbocycles. The number of aryl methyl sites for hydroxylation is 1. The third-order valence-electron chi connectivity index (χ3n) is 6.31. The zero-order valence-electron chi connectivity index (χ0n) is 18.4. The molecule has 5 nitrogen and oxygen atoms in total. The van der Waals surface area contributed by atoms with Gasteiger partial charge in [-0.15, -0.1) is 0 Å². The van der Waals surface area contributed by atoms with Crippen LogP contribution in [0.5, 0.6) is 0 Å². The molecule has 0 atom stereocenters. The zero-order valence-corrected chi connectivity index (χ0v) is 18.4. The van der Waals surface area contributed by atoms with Crippen LogP contribution in [-0.4, -0.2) is 49.0 Å². The minimum atomic E-state index is -0.697. The average molecular weight is 403 g/mol. The molecule has 3 aromatic rings. The fourth-order valence-corrected chi connectivity index (χ4v) is 3.98. The van der Waals surface area contributed by atoms with Crippen LogP contribution in [0.15, 0.2) is 54.7 Å². The van der Waals surface area contributed by atoms with Gasteiger partial charge in [-0.3, -0.25) is 9.78 Å². The lowest BCUT2D eigenvalue weighted by Crippen LogP contribution is -2.57. The number of rotatable bonds is 5. The van der Waals surface area contributed by atoms with E-state index in [2.05, 4.69) is 52.4 Å². The number of nitrogens with zero attached hydrogens (tertiary/aromatic N) is 3. The second-order valence-electron chi connectivity index (χ2n) is 8.98. The van der Waals surface area contributed by atoms with Crippen molar-refractivity contribution in [2.75, 3.05) is 37.4 Å². The Kier molecular flexibility index (Phi) is 5.24. The van der Waals surface area contributed by atoms with E-state index in [9.17, 15) is 4.79 Å². The molecule has 5 heteroatoms. The number of aromatic nitrogens is 1. The van der Waals surface area contributed by atoms with Crippen LogP contribution in [0, 0.1) is 6.92 Å². The van der Waals surface area contributed by atoms with Crippen molar-refractivity contribution >= 4 is 28.2 Å². The summed E-state index contributed by atoms with van der Waals surface area (Å²) >= 11 is 0. The number of fused-ring (bicyclic) bond motifs is 1. The molecule has 30 heavy (non-hydrogen) atoms. The summed E-state index contributed by atoms with van der Waals surface area (Å²) < 4.78 is 0. The van der Waals surface area contributed by atoms with E-state index in [-0.39, 0.29) is 5.91 Å². The Hall–Kier alpha value is -2.92. The number of anilines is 2. The van der Waals surface area contributed by atoms with Gasteiger partial charge in [-0.2, -0.15) is 0 Å². The molecular formula is C25H30N4O. The number of carbonyl (C=O) groups excluding carboxylic acids is 1. The maximum absolute atomic E-state index is 13.4. The normalized spacial score (nSPS) is 14.8. The van der Waals surface area contributed by atoms with Crippen molar-refractivity contribution in [1.29, 1.82) is 0 Å². The van der Waals surface area contributed by atoms with Gasteiger partial charge in [0.05, 0.1) is 10.9 Å². The Labute approximate surface area is 178 Å². The van der Waals surface area contributed by atoms with E-state index >= 15 is 0 Å². The number of hydrogen-bond acceptors (Lipinski definition) is 4. The minimum absolute atomic E-state index is 0.0196. The van der Waals surface area contributed by atoms with Gasteiger partial charge < -0.3 is 15.1 Å². The van der Waals surface area contributed by atoms with E-state index in [0.717, 1.165) is 46.5 Å². The fraction of sp³-hybridized carbons (Fsp3) is 0.360. The third-order valence-corrected chi connectivity index (χ3v) is 6.31. The minimum Gasteiger partial charge on any atom is -0.368 e. The average Bonchev–Trinajstić information content (AvgIpc) is 2.68. The molecule has 1 amide bonds. The lowest BCUT2D eigenvalue weighted by atomic mass is 9.81. The van der Waals surface area contributed by atoms with Crippen molar-refractivity contribution in [1.82, 2.24) is 9.88 Å². The SMILES string of the molecule is Cc1ccc(N2CC(N(C)C)C2)cc1NC(=O)C(C)(C)c1cccc2ncccc12. The molecule has 4 rings (SSSR count). The van der Waals surface area contributed by atoms with Crippen LogP contribution in [-0.2, 0) is 10.2 Å². The van der Waals surface area contributed by atoms with Gasteiger partial charge in [-0.1, -0.05) is 24.3 Å². The second kappa shape index (κ2) is 7.73.